The van der Waals surface area contributed by atoms with Crippen molar-refractivity contribution in [3.63, 3.8) is 0 Å². The van der Waals surface area contributed by atoms with E-state index in [1.165, 1.54) is 0 Å². The fraction of sp³-hybridized carbons (Fsp3) is 0.667. The fourth-order valence-electron chi connectivity index (χ4n) is 2.99. The molecule has 0 unspecified atom stereocenters. The summed E-state index contributed by atoms with van der Waals surface area (Å²) in [6.45, 7) is 4.01. The van der Waals surface area contributed by atoms with Gasteiger partial charge in [0.2, 0.25) is 5.91 Å². The van der Waals surface area contributed by atoms with Crippen LogP contribution in [0.5, 0.6) is 0 Å². The zero-order valence-corrected chi connectivity index (χ0v) is 12.2. The summed E-state index contributed by atoms with van der Waals surface area (Å²) in [5, 5.41) is 3.08. The van der Waals surface area contributed by atoms with Crippen LogP contribution in [0.4, 0.5) is 5.82 Å². The van der Waals surface area contributed by atoms with Crippen LogP contribution < -0.4 is 10.2 Å². The van der Waals surface area contributed by atoms with Gasteiger partial charge in [-0.2, -0.15) is 0 Å². The van der Waals surface area contributed by atoms with Crippen LogP contribution >= 0.6 is 0 Å². The molecule has 0 saturated carbocycles. The average molecular weight is 290 g/mol. The summed E-state index contributed by atoms with van der Waals surface area (Å²) in [4.78, 5) is 22.9. The third-order valence-corrected chi connectivity index (χ3v) is 4.25. The molecule has 3 rings (SSSR count). The lowest BCUT2D eigenvalue weighted by Crippen LogP contribution is -2.44. The van der Waals surface area contributed by atoms with Crippen LogP contribution in [0.2, 0.25) is 0 Å². The number of carbonyl (C=O) groups is 1. The molecule has 0 aliphatic carbocycles. The number of hydrogen-bond donors (Lipinski definition) is 1. The highest BCUT2D eigenvalue weighted by Crippen LogP contribution is 2.21. The summed E-state index contributed by atoms with van der Waals surface area (Å²) in [6.07, 6.45) is 8.14. The van der Waals surface area contributed by atoms with Gasteiger partial charge in [0, 0.05) is 44.6 Å². The fourth-order valence-corrected chi connectivity index (χ4v) is 2.99. The van der Waals surface area contributed by atoms with Gasteiger partial charge in [0.1, 0.15) is 5.82 Å². The first-order chi connectivity index (χ1) is 10.3. The second-order valence-electron chi connectivity index (χ2n) is 5.82. The summed E-state index contributed by atoms with van der Waals surface area (Å²) in [6, 6.07) is 0. The van der Waals surface area contributed by atoms with Crippen molar-refractivity contribution >= 4 is 11.7 Å². The number of hydrogen-bond acceptors (Lipinski definition) is 5. The van der Waals surface area contributed by atoms with Gasteiger partial charge < -0.3 is 15.0 Å². The van der Waals surface area contributed by atoms with E-state index in [0.717, 1.165) is 57.9 Å². The molecule has 3 heterocycles. The van der Waals surface area contributed by atoms with E-state index >= 15 is 0 Å². The molecule has 0 spiro atoms. The molecule has 2 fully saturated rings. The van der Waals surface area contributed by atoms with Gasteiger partial charge in [0.05, 0.1) is 18.7 Å². The quantitative estimate of drug-likeness (QED) is 0.890. The minimum atomic E-state index is 0.0445. The third kappa shape index (κ3) is 3.69. The van der Waals surface area contributed by atoms with Gasteiger partial charge in [0.25, 0.3) is 0 Å². The van der Waals surface area contributed by atoms with Crippen LogP contribution in [-0.4, -0.2) is 48.7 Å². The van der Waals surface area contributed by atoms with Crippen molar-refractivity contribution in [3.05, 3.63) is 18.6 Å². The molecular formula is C15H22N4O2. The molecule has 0 radical (unpaired) electrons. The summed E-state index contributed by atoms with van der Waals surface area (Å²) < 4.78 is 5.34. The molecule has 114 valence electrons. The topological polar surface area (TPSA) is 67.3 Å². The van der Waals surface area contributed by atoms with Crippen molar-refractivity contribution in [1.82, 2.24) is 15.3 Å². The van der Waals surface area contributed by atoms with Crippen molar-refractivity contribution in [1.29, 1.82) is 0 Å². The number of ether oxygens (including phenoxy) is 1. The van der Waals surface area contributed by atoms with Gasteiger partial charge in [-0.25, -0.2) is 4.98 Å². The molecule has 21 heavy (non-hydrogen) atoms. The average Bonchev–Trinajstić information content (AvgIpc) is 3.07. The Balaban J connectivity index is 1.51. The molecule has 2 aliphatic rings. The number of anilines is 1. The standard InChI is InChI=1S/C15H22N4O2/c20-15(18-8-12-3-7-21-11-12)13-2-1-6-19(10-13)14-9-16-4-5-17-14/h4-5,9,12-13H,1-3,6-8,10-11H2,(H,18,20)/t12-,13+/m1/s1. The second-order valence-corrected chi connectivity index (χ2v) is 5.82. The van der Waals surface area contributed by atoms with Gasteiger partial charge in [0.15, 0.2) is 0 Å². The van der Waals surface area contributed by atoms with Crippen LogP contribution in [0, 0.1) is 11.8 Å². The van der Waals surface area contributed by atoms with E-state index in [9.17, 15) is 4.79 Å². The van der Waals surface area contributed by atoms with Gasteiger partial charge in [-0.1, -0.05) is 0 Å². The first kappa shape index (κ1) is 14.3. The Morgan fingerprint density at radius 1 is 1.43 bits per heavy atom. The highest BCUT2D eigenvalue weighted by atomic mass is 16.5. The Kier molecular flexibility index (Phi) is 4.65. The minimum Gasteiger partial charge on any atom is -0.381 e. The highest BCUT2D eigenvalue weighted by molar-refractivity contribution is 5.79. The largest absolute Gasteiger partial charge is 0.381 e. The van der Waals surface area contributed by atoms with E-state index in [2.05, 4.69) is 20.2 Å². The van der Waals surface area contributed by atoms with E-state index in [4.69, 9.17) is 4.74 Å². The molecule has 2 saturated heterocycles. The lowest BCUT2D eigenvalue weighted by atomic mass is 9.97. The van der Waals surface area contributed by atoms with Crippen LogP contribution in [0.3, 0.4) is 0 Å². The minimum absolute atomic E-state index is 0.0445. The van der Waals surface area contributed by atoms with Crippen molar-refractivity contribution in [2.75, 3.05) is 37.7 Å². The maximum atomic E-state index is 12.3. The highest BCUT2D eigenvalue weighted by Gasteiger charge is 2.27. The molecule has 6 heteroatoms. The Morgan fingerprint density at radius 2 is 2.38 bits per heavy atom. The maximum Gasteiger partial charge on any atom is 0.224 e. The molecule has 1 N–H and O–H groups in total. The smallest absolute Gasteiger partial charge is 0.224 e. The summed E-state index contributed by atoms with van der Waals surface area (Å²) >= 11 is 0. The molecule has 2 aliphatic heterocycles. The predicted octanol–water partition coefficient (Wildman–Crippen LogP) is 0.846. The summed E-state index contributed by atoms with van der Waals surface area (Å²) in [7, 11) is 0. The number of carbonyl (C=O) groups excluding carboxylic acids is 1. The van der Waals surface area contributed by atoms with E-state index in [-0.39, 0.29) is 11.8 Å². The molecule has 0 bridgehead atoms. The van der Waals surface area contributed by atoms with E-state index in [1.807, 2.05) is 0 Å². The molecule has 1 amide bonds. The number of rotatable bonds is 4. The number of nitrogens with zero attached hydrogens (tertiary/aromatic N) is 3. The van der Waals surface area contributed by atoms with Crippen molar-refractivity contribution < 1.29 is 9.53 Å². The lowest BCUT2D eigenvalue weighted by Gasteiger charge is -2.32. The van der Waals surface area contributed by atoms with E-state index < -0.39 is 0 Å². The van der Waals surface area contributed by atoms with Crippen LogP contribution in [0.25, 0.3) is 0 Å². The van der Waals surface area contributed by atoms with Gasteiger partial charge in [-0.15, -0.1) is 0 Å². The Morgan fingerprint density at radius 3 is 3.14 bits per heavy atom. The second kappa shape index (κ2) is 6.85. The molecule has 0 aromatic carbocycles. The first-order valence-electron chi connectivity index (χ1n) is 7.69. The predicted molar refractivity (Wildman–Crippen MR) is 78.9 cm³/mol. The zero-order chi connectivity index (χ0) is 14.5. The molecule has 1 aromatic heterocycles. The van der Waals surface area contributed by atoms with Gasteiger partial charge in [-0.05, 0) is 19.3 Å². The number of nitrogens with one attached hydrogen (secondary N) is 1. The normalized spacial score (nSPS) is 25.8. The van der Waals surface area contributed by atoms with Gasteiger partial charge >= 0.3 is 0 Å². The van der Waals surface area contributed by atoms with E-state index in [0.29, 0.717) is 5.92 Å². The molecule has 6 nitrogen and oxygen atoms in total. The van der Waals surface area contributed by atoms with Crippen LogP contribution in [0.1, 0.15) is 19.3 Å². The molecular weight excluding hydrogens is 268 g/mol. The number of piperidine rings is 1. The molecule has 1 aromatic rings. The monoisotopic (exact) mass is 290 g/mol. The summed E-state index contributed by atoms with van der Waals surface area (Å²) in [5.74, 6) is 1.55. The number of amides is 1. The van der Waals surface area contributed by atoms with Crippen molar-refractivity contribution in [2.24, 2.45) is 11.8 Å². The van der Waals surface area contributed by atoms with Crippen molar-refractivity contribution in [2.45, 2.75) is 19.3 Å². The Bertz CT molecular complexity index is 462. The van der Waals surface area contributed by atoms with Crippen LogP contribution in [-0.2, 0) is 9.53 Å². The Labute approximate surface area is 124 Å². The zero-order valence-electron chi connectivity index (χ0n) is 12.2. The lowest BCUT2D eigenvalue weighted by molar-refractivity contribution is -0.125. The maximum absolute atomic E-state index is 12.3. The Hall–Kier alpha value is -1.69. The SMILES string of the molecule is O=C(NC[C@H]1CCOC1)[C@H]1CCCN(c2cnccn2)C1. The molecule has 2 atom stereocenters. The van der Waals surface area contributed by atoms with Crippen molar-refractivity contribution in [3.8, 4) is 0 Å². The van der Waals surface area contributed by atoms with E-state index in [1.54, 1.807) is 18.6 Å². The van der Waals surface area contributed by atoms with Gasteiger partial charge in [-0.3, -0.25) is 9.78 Å². The number of aromatic nitrogens is 2. The third-order valence-electron chi connectivity index (χ3n) is 4.25. The first-order valence-corrected chi connectivity index (χ1v) is 7.69. The van der Waals surface area contributed by atoms with Crippen LogP contribution in [0.15, 0.2) is 18.6 Å². The summed E-state index contributed by atoms with van der Waals surface area (Å²) in [5.41, 5.74) is 0.